The Balaban J connectivity index is 1.51. The SMILES string of the molecule is CCc1nc(CNC(=NC)NCCc2c[nH]c3ccc(F)cc23)cs1. The summed E-state index contributed by atoms with van der Waals surface area (Å²) in [4.78, 5) is 11.9. The summed E-state index contributed by atoms with van der Waals surface area (Å²) in [5.74, 6) is 0.519. The van der Waals surface area contributed by atoms with Gasteiger partial charge in [-0.3, -0.25) is 4.99 Å². The highest BCUT2D eigenvalue weighted by Gasteiger charge is 2.06. The first-order chi connectivity index (χ1) is 12.2. The summed E-state index contributed by atoms with van der Waals surface area (Å²) in [5.41, 5.74) is 3.07. The molecule has 7 heteroatoms. The molecule has 2 aromatic heterocycles. The molecule has 0 saturated carbocycles. The molecule has 0 aliphatic rings. The maximum Gasteiger partial charge on any atom is 0.191 e. The molecule has 2 heterocycles. The maximum atomic E-state index is 13.4. The molecular formula is C18H22FN5S. The number of H-pyrrole nitrogens is 1. The molecular weight excluding hydrogens is 337 g/mol. The number of halogens is 1. The highest BCUT2D eigenvalue weighted by Crippen LogP contribution is 2.19. The van der Waals surface area contributed by atoms with Crippen LogP contribution in [0.1, 0.15) is 23.2 Å². The number of benzene rings is 1. The number of nitrogens with zero attached hydrogens (tertiary/aromatic N) is 2. The highest BCUT2D eigenvalue weighted by molar-refractivity contribution is 7.09. The number of aliphatic imine (C=N–C) groups is 1. The van der Waals surface area contributed by atoms with Gasteiger partial charge in [0.15, 0.2) is 5.96 Å². The van der Waals surface area contributed by atoms with Gasteiger partial charge in [0.2, 0.25) is 0 Å². The lowest BCUT2D eigenvalue weighted by Gasteiger charge is -2.10. The molecule has 25 heavy (non-hydrogen) atoms. The summed E-state index contributed by atoms with van der Waals surface area (Å²) >= 11 is 1.68. The van der Waals surface area contributed by atoms with Crippen LogP contribution in [-0.4, -0.2) is 29.5 Å². The first-order valence-electron chi connectivity index (χ1n) is 8.33. The summed E-state index contributed by atoms with van der Waals surface area (Å²) in [5, 5.41) is 10.7. The van der Waals surface area contributed by atoms with Crippen molar-refractivity contribution in [3.8, 4) is 0 Å². The van der Waals surface area contributed by atoms with Gasteiger partial charge in [0.25, 0.3) is 0 Å². The summed E-state index contributed by atoms with van der Waals surface area (Å²) < 4.78 is 13.4. The molecule has 3 rings (SSSR count). The van der Waals surface area contributed by atoms with Gasteiger partial charge in [-0.1, -0.05) is 6.92 Å². The van der Waals surface area contributed by atoms with Crippen LogP contribution in [-0.2, 0) is 19.4 Å². The molecule has 0 amide bonds. The molecule has 0 unspecified atom stereocenters. The first kappa shape index (κ1) is 17.4. The Morgan fingerprint density at radius 2 is 2.24 bits per heavy atom. The van der Waals surface area contributed by atoms with Crippen LogP contribution in [0, 0.1) is 5.82 Å². The fourth-order valence-electron chi connectivity index (χ4n) is 2.66. The molecule has 0 saturated heterocycles. The highest BCUT2D eigenvalue weighted by atomic mass is 32.1. The molecule has 0 atom stereocenters. The Labute approximate surface area is 150 Å². The van der Waals surface area contributed by atoms with E-state index in [0.29, 0.717) is 13.1 Å². The van der Waals surface area contributed by atoms with Crippen molar-refractivity contribution in [3.63, 3.8) is 0 Å². The predicted octanol–water partition coefficient (Wildman–Crippen LogP) is 3.23. The first-order valence-corrected chi connectivity index (χ1v) is 9.21. The number of hydrogen-bond acceptors (Lipinski definition) is 3. The average molecular weight is 359 g/mol. The molecule has 0 aliphatic heterocycles. The van der Waals surface area contributed by atoms with Gasteiger partial charge < -0.3 is 15.6 Å². The number of guanidine groups is 1. The van der Waals surface area contributed by atoms with E-state index >= 15 is 0 Å². The molecule has 5 nitrogen and oxygen atoms in total. The zero-order valence-corrected chi connectivity index (χ0v) is 15.2. The van der Waals surface area contributed by atoms with Gasteiger partial charge in [-0.15, -0.1) is 11.3 Å². The van der Waals surface area contributed by atoms with E-state index in [9.17, 15) is 4.39 Å². The number of thiazole rings is 1. The predicted molar refractivity (Wildman–Crippen MR) is 102 cm³/mol. The van der Waals surface area contributed by atoms with Gasteiger partial charge in [0.1, 0.15) is 5.82 Å². The van der Waals surface area contributed by atoms with Crippen molar-refractivity contribution in [2.24, 2.45) is 4.99 Å². The van der Waals surface area contributed by atoms with Gasteiger partial charge in [-0.25, -0.2) is 9.37 Å². The van der Waals surface area contributed by atoms with Crippen LogP contribution in [0.15, 0.2) is 34.8 Å². The minimum absolute atomic E-state index is 0.214. The van der Waals surface area contributed by atoms with Crippen molar-refractivity contribution in [2.75, 3.05) is 13.6 Å². The largest absolute Gasteiger partial charge is 0.361 e. The van der Waals surface area contributed by atoms with Crippen molar-refractivity contribution in [3.05, 3.63) is 51.9 Å². The van der Waals surface area contributed by atoms with Crippen molar-refractivity contribution in [1.29, 1.82) is 0 Å². The van der Waals surface area contributed by atoms with Gasteiger partial charge in [-0.2, -0.15) is 0 Å². The fourth-order valence-corrected chi connectivity index (χ4v) is 3.41. The van der Waals surface area contributed by atoms with E-state index in [-0.39, 0.29) is 5.82 Å². The van der Waals surface area contributed by atoms with E-state index in [4.69, 9.17) is 0 Å². The van der Waals surface area contributed by atoms with E-state index in [2.05, 4.69) is 37.9 Å². The summed E-state index contributed by atoms with van der Waals surface area (Å²) in [6.45, 7) is 3.46. The number of aromatic amines is 1. The Kier molecular flexibility index (Phi) is 5.65. The van der Waals surface area contributed by atoms with Crippen molar-refractivity contribution < 1.29 is 4.39 Å². The van der Waals surface area contributed by atoms with Crippen LogP contribution >= 0.6 is 11.3 Å². The van der Waals surface area contributed by atoms with Gasteiger partial charge in [0, 0.05) is 36.1 Å². The van der Waals surface area contributed by atoms with Crippen LogP contribution in [0.25, 0.3) is 10.9 Å². The molecule has 3 N–H and O–H groups in total. The zero-order valence-electron chi connectivity index (χ0n) is 14.4. The van der Waals surface area contributed by atoms with Gasteiger partial charge in [-0.05, 0) is 36.6 Å². The smallest absolute Gasteiger partial charge is 0.191 e. The minimum Gasteiger partial charge on any atom is -0.361 e. The lowest BCUT2D eigenvalue weighted by molar-refractivity contribution is 0.629. The second kappa shape index (κ2) is 8.11. The topological polar surface area (TPSA) is 65.1 Å². The normalized spacial score (nSPS) is 11.9. The second-order valence-corrected chi connectivity index (χ2v) is 6.64. The molecule has 0 fully saturated rings. The molecule has 132 valence electrons. The molecule has 3 aromatic rings. The average Bonchev–Trinajstić information content (AvgIpc) is 3.24. The number of rotatable bonds is 6. The van der Waals surface area contributed by atoms with Gasteiger partial charge >= 0.3 is 0 Å². The Morgan fingerprint density at radius 1 is 1.36 bits per heavy atom. The molecule has 0 spiro atoms. The summed E-state index contributed by atoms with van der Waals surface area (Å²) in [6.07, 6.45) is 3.67. The van der Waals surface area contributed by atoms with E-state index in [1.165, 1.54) is 6.07 Å². The van der Waals surface area contributed by atoms with Gasteiger partial charge in [0.05, 0.1) is 17.2 Å². The van der Waals surface area contributed by atoms with E-state index < -0.39 is 0 Å². The monoisotopic (exact) mass is 359 g/mol. The zero-order chi connectivity index (χ0) is 17.6. The number of aromatic nitrogens is 2. The Hall–Kier alpha value is -2.41. The fraction of sp³-hybridized carbons (Fsp3) is 0.333. The lowest BCUT2D eigenvalue weighted by atomic mass is 10.1. The summed E-state index contributed by atoms with van der Waals surface area (Å²) in [6, 6.07) is 4.80. The molecule has 0 bridgehead atoms. The number of hydrogen-bond donors (Lipinski definition) is 3. The lowest BCUT2D eigenvalue weighted by Crippen LogP contribution is -2.37. The molecule has 0 radical (unpaired) electrons. The second-order valence-electron chi connectivity index (χ2n) is 5.69. The van der Waals surface area contributed by atoms with E-state index in [1.54, 1.807) is 30.5 Å². The maximum absolute atomic E-state index is 13.4. The number of aryl methyl sites for hydroxylation is 1. The quantitative estimate of drug-likeness (QED) is 0.468. The van der Waals surface area contributed by atoms with Crippen molar-refractivity contribution in [2.45, 2.75) is 26.3 Å². The minimum atomic E-state index is -0.214. The Morgan fingerprint density at radius 3 is 3.00 bits per heavy atom. The van der Waals surface area contributed by atoms with Crippen LogP contribution in [0.2, 0.25) is 0 Å². The Bertz CT molecular complexity index is 867. The third-order valence-electron chi connectivity index (χ3n) is 3.98. The third kappa shape index (κ3) is 4.36. The van der Waals surface area contributed by atoms with Crippen LogP contribution in [0.3, 0.4) is 0 Å². The standard InChI is InChI=1S/C18H22FN5S/c1-3-17-24-14(11-25-17)10-23-18(20-2)21-7-6-12-9-22-16-5-4-13(19)8-15(12)16/h4-5,8-9,11,22H,3,6-7,10H2,1-2H3,(H2,20,21,23). The van der Waals surface area contributed by atoms with E-state index in [0.717, 1.165) is 46.0 Å². The summed E-state index contributed by atoms with van der Waals surface area (Å²) in [7, 11) is 1.74. The third-order valence-corrected chi connectivity index (χ3v) is 5.02. The molecule has 1 aromatic carbocycles. The van der Waals surface area contributed by atoms with Crippen molar-refractivity contribution in [1.82, 2.24) is 20.6 Å². The van der Waals surface area contributed by atoms with Crippen LogP contribution in [0.4, 0.5) is 4.39 Å². The van der Waals surface area contributed by atoms with Crippen LogP contribution < -0.4 is 10.6 Å². The van der Waals surface area contributed by atoms with E-state index in [1.807, 2.05) is 6.20 Å². The number of fused-ring (bicyclic) bond motifs is 1. The van der Waals surface area contributed by atoms with Crippen LogP contribution in [0.5, 0.6) is 0 Å². The van der Waals surface area contributed by atoms with Crippen molar-refractivity contribution >= 4 is 28.2 Å². The molecule has 0 aliphatic carbocycles. The number of nitrogens with one attached hydrogen (secondary N) is 3.